The number of benzene rings is 2. The molecule has 1 aromatic heterocycles. The van der Waals surface area contributed by atoms with Crippen molar-refractivity contribution in [1.29, 1.82) is 0 Å². The number of carbonyl (C=O) groups excluding carboxylic acids is 3. The highest BCUT2D eigenvalue weighted by atomic mass is 16.3. The van der Waals surface area contributed by atoms with Crippen molar-refractivity contribution in [2.75, 3.05) is 10.6 Å². The maximum absolute atomic E-state index is 12.7. The molecule has 146 valence electrons. The van der Waals surface area contributed by atoms with Crippen LogP contribution in [-0.2, 0) is 9.59 Å². The van der Waals surface area contributed by atoms with Crippen LogP contribution in [0.2, 0.25) is 0 Å². The van der Waals surface area contributed by atoms with Gasteiger partial charge in [0.15, 0.2) is 5.76 Å². The van der Waals surface area contributed by atoms with Crippen molar-refractivity contribution in [2.45, 2.75) is 6.92 Å². The quantitative estimate of drug-likeness (QED) is 0.560. The number of hydrogen-bond donors (Lipinski definition) is 3. The van der Waals surface area contributed by atoms with Crippen LogP contribution in [0.5, 0.6) is 0 Å². The second-order valence-corrected chi connectivity index (χ2v) is 6.12. The Bertz CT molecular complexity index is 1040. The Morgan fingerprint density at radius 3 is 2.24 bits per heavy atom. The number of furan rings is 1. The summed E-state index contributed by atoms with van der Waals surface area (Å²) in [5.41, 5.74) is 1.81. The van der Waals surface area contributed by atoms with Crippen LogP contribution in [0.3, 0.4) is 0 Å². The Hall–Kier alpha value is -4.13. The lowest BCUT2D eigenvalue weighted by Gasteiger charge is -2.11. The Morgan fingerprint density at radius 1 is 0.862 bits per heavy atom. The molecule has 0 bridgehead atoms. The van der Waals surface area contributed by atoms with E-state index in [-0.39, 0.29) is 17.4 Å². The minimum absolute atomic E-state index is 0.105. The van der Waals surface area contributed by atoms with Gasteiger partial charge in [-0.2, -0.15) is 0 Å². The molecule has 7 nitrogen and oxygen atoms in total. The van der Waals surface area contributed by atoms with E-state index in [1.165, 1.54) is 13.2 Å². The van der Waals surface area contributed by atoms with Crippen LogP contribution in [0.15, 0.2) is 83.1 Å². The van der Waals surface area contributed by atoms with Gasteiger partial charge in [0.25, 0.3) is 11.8 Å². The summed E-state index contributed by atoms with van der Waals surface area (Å²) in [6.45, 7) is 1.33. The van der Waals surface area contributed by atoms with Crippen molar-refractivity contribution in [3.05, 3.63) is 90.0 Å². The molecule has 0 saturated heterocycles. The van der Waals surface area contributed by atoms with Crippen LogP contribution in [0.25, 0.3) is 6.08 Å². The predicted molar refractivity (Wildman–Crippen MR) is 110 cm³/mol. The molecule has 3 aromatic rings. The van der Waals surface area contributed by atoms with E-state index in [0.29, 0.717) is 11.4 Å². The number of anilines is 2. The predicted octanol–water partition coefficient (Wildman–Crippen LogP) is 3.65. The molecule has 0 radical (unpaired) electrons. The minimum Gasteiger partial charge on any atom is -0.459 e. The summed E-state index contributed by atoms with van der Waals surface area (Å²) in [6.07, 6.45) is 2.99. The van der Waals surface area contributed by atoms with E-state index in [9.17, 15) is 14.4 Å². The largest absolute Gasteiger partial charge is 0.459 e. The van der Waals surface area contributed by atoms with Crippen molar-refractivity contribution in [2.24, 2.45) is 0 Å². The molecule has 1 heterocycles. The van der Waals surface area contributed by atoms with Gasteiger partial charge in [-0.3, -0.25) is 14.4 Å². The SMILES string of the molecule is CC(=O)N/C(=C\c1ccccc1)C(=O)Nc1cccc(NC(=O)c2ccco2)c1. The molecule has 0 spiro atoms. The molecule has 7 heteroatoms. The van der Waals surface area contributed by atoms with Crippen molar-refractivity contribution >= 4 is 35.2 Å². The Balaban J connectivity index is 1.75. The lowest BCUT2D eigenvalue weighted by molar-refractivity contribution is -0.120. The van der Waals surface area contributed by atoms with E-state index in [4.69, 9.17) is 4.42 Å². The molecule has 0 aliphatic heterocycles. The average Bonchev–Trinajstić information content (AvgIpc) is 3.23. The molecule has 0 atom stereocenters. The van der Waals surface area contributed by atoms with Crippen LogP contribution in [0.1, 0.15) is 23.0 Å². The van der Waals surface area contributed by atoms with Gasteiger partial charge in [-0.1, -0.05) is 36.4 Å². The summed E-state index contributed by atoms with van der Waals surface area (Å²) in [7, 11) is 0. The molecule has 0 saturated carbocycles. The van der Waals surface area contributed by atoms with Crippen molar-refractivity contribution in [1.82, 2.24) is 5.32 Å². The Kier molecular flexibility index (Phi) is 6.22. The van der Waals surface area contributed by atoms with Gasteiger partial charge in [0.1, 0.15) is 5.70 Å². The highest BCUT2D eigenvalue weighted by Gasteiger charge is 2.13. The normalized spacial score (nSPS) is 10.9. The molecular weight excluding hydrogens is 370 g/mol. The number of hydrogen-bond acceptors (Lipinski definition) is 4. The fourth-order valence-electron chi connectivity index (χ4n) is 2.54. The molecule has 2 aromatic carbocycles. The van der Waals surface area contributed by atoms with Gasteiger partial charge in [-0.05, 0) is 42.0 Å². The highest BCUT2D eigenvalue weighted by molar-refractivity contribution is 6.09. The fourth-order valence-corrected chi connectivity index (χ4v) is 2.54. The first-order valence-electron chi connectivity index (χ1n) is 8.82. The fraction of sp³-hybridized carbons (Fsp3) is 0.0455. The van der Waals surface area contributed by atoms with E-state index in [1.54, 1.807) is 42.5 Å². The average molecular weight is 389 g/mol. The maximum Gasteiger partial charge on any atom is 0.291 e. The second kappa shape index (κ2) is 9.18. The molecule has 3 N–H and O–H groups in total. The molecule has 3 amide bonds. The zero-order chi connectivity index (χ0) is 20.6. The van der Waals surface area contributed by atoms with Crippen LogP contribution in [0, 0.1) is 0 Å². The van der Waals surface area contributed by atoms with Gasteiger partial charge in [0.2, 0.25) is 5.91 Å². The zero-order valence-corrected chi connectivity index (χ0v) is 15.6. The minimum atomic E-state index is -0.487. The third-order valence-corrected chi connectivity index (χ3v) is 3.79. The highest BCUT2D eigenvalue weighted by Crippen LogP contribution is 2.17. The molecule has 29 heavy (non-hydrogen) atoms. The van der Waals surface area contributed by atoms with Gasteiger partial charge in [-0.15, -0.1) is 0 Å². The lowest BCUT2D eigenvalue weighted by atomic mass is 10.2. The van der Waals surface area contributed by atoms with Gasteiger partial charge < -0.3 is 20.4 Å². The number of amides is 3. The summed E-state index contributed by atoms with van der Waals surface area (Å²) >= 11 is 0. The number of nitrogens with one attached hydrogen (secondary N) is 3. The Morgan fingerprint density at radius 2 is 1.59 bits per heavy atom. The van der Waals surface area contributed by atoms with E-state index < -0.39 is 11.8 Å². The number of rotatable bonds is 6. The molecule has 0 aliphatic rings. The topological polar surface area (TPSA) is 100 Å². The van der Waals surface area contributed by atoms with Gasteiger partial charge in [0, 0.05) is 18.3 Å². The maximum atomic E-state index is 12.7. The monoisotopic (exact) mass is 389 g/mol. The van der Waals surface area contributed by atoms with Crippen molar-refractivity contribution in [3.8, 4) is 0 Å². The van der Waals surface area contributed by atoms with E-state index in [0.717, 1.165) is 5.56 Å². The van der Waals surface area contributed by atoms with Crippen molar-refractivity contribution < 1.29 is 18.8 Å². The third kappa shape index (κ3) is 5.67. The van der Waals surface area contributed by atoms with Crippen LogP contribution >= 0.6 is 0 Å². The Labute approximate surface area is 167 Å². The zero-order valence-electron chi connectivity index (χ0n) is 15.6. The standard InChI is InChI=1S/C22H19N3O4/c1-15(26)23-19(13-16-7-3-2-4-8-16)21(27)24-17-9-5-10-18(14-17)25-22(28)20-11-6-12-29-20/h2-14H,1H3,(H,23,26)(H,24,27)(H,25,28)/b19-13-. The third-order valence-electron chi connectivity index (χ3n) is 3.79. The van der Waals surface area contributed by atoms with Crippen LogP contribution in [0.4, 0.5) is 11.4 Å². The first-order valence-corrected chi connectivity index (χ1v) is 8.82. The first kappa shape index (κ1) is 19.6. The molecule has 3 rings (SSSR count). The summed E-state index contributed by atoms with van der Waals surface area (Å²) in [5.74, 6) is -1.07. The first-order chi connectivity index (χ1) is 14.0. The molecular formula is C22H19N3O4. The van der Waals surface area contributed by atoms with Crippen molar-refractivity contribution in [3.63, 3.8) is 0 Å². The lowest BCUT2D eigenvalue weighted by Crippen LogP contribution is -2.29. The second-order valence-electron chi connectivity index (χ2n) is 6.12. The summed E-state index contributed by atoms with van der Waals surface area (Å²) in [6, 6.07) is 19.0. The molecule has 0 unspecified atom stereocenters. The summed E-state index contributed by atoms with van der Waals surface area (Å²) < 4.78 is 5.06. The molecule has 0 aliphatic carbocycles. The van der Waals surface area contributed by atoms with Gasteiger partial charge in [0.05, 0.1) is 6.26 Å². The van der Waals surface area contributed by atoms with Gasteiger partial charge in [-0.25, -0.2) is 0 Å². The van der Waals surface area contributed by atoms with Crippen LogP contribution < -0.4 is 16.0 Å². The smallest absolute Gasteiger partial charge is 0.291 e. The van der Waals surface area contributed by atoms with E-state index in [2.05, 4.69) is 16.0 Å². The van der Waals surface area contributed by atoms with E-state index in [1.807, 2.05) is 30.3 Å². The number of carbonyl (C=O) groups is 3. The molecule has 0 fully saturated rings. The van der Waals surface area contributed by atoms with Gasteiger partial charge >= 0.3 is 0 Å². The summed E-state index contributed by atoms with van der Waals surface area (Å²) in [4.78, 5) is 36.3. The summed E-state index contributed by atoms with van der Waals surface area (Å²) in [5, 5.41) is 7.95. The van der Waals surface area contributed by atoms with E-state index >= 15 is 0 Å². The van der Waals surface area contributed by atoms with Crippen LogP contribution in [-0.4, -0.2) is 17.7 Å².